The summed E-state index contributed by atoms with van der Waals surface area (Å²) < 4.78 is 16.3. The van der Waals surface area contributed by atoms with Crippen molar-refractivity contribution in [2.45, 2.75) is 13.5 Å². The number of benzene rings is 2. The van der Waals surface area contributed by atoms with Gasteiger partial charge < -0.3 is 24.0 Å². The van der Waals surface area contributed by atoms with Gasteiger partial charge in [-0.05, 0) is 48.9 Å². The minimum absolute atomic E-state index is 0.00428. The molecule has 2 aromatic carbocycles. The number of piperazine rings is 1. The standard InChI is InChI=1S/C25H30N4O5/c1-2-32-21-6-4-20(5-7-21)29-14-13-28(25(29)31)17-24(30)27-11-9-26(10-12-27)16-19-3-8-22-23(15-19)34-18-33-22/h3-8,15H,2,9-14,16-18H2,1H3. The molecule has 0 saturated carbocycles. The van der Waals surface area contributed by atoms with Gasteiger partial charge in [0.25, 0.3) is 0 Å². The first-order valence-corrected chi connectivity index (χ1v) is 11.8. The Morgan fingerprint density at radius 3 is 2.47 bits per heavy atom. The van der Waals surface area contributed by atoms with E-state index >= 15 is 0 Å². The van der Waals surface area contributed by atoms with Gasteiger partial charge in [-0.2, -0.15) is 0 Å². The van der Waals surface area contributed by atoms with Crippen molar-refractivity contribution in [1.82, 2.24) is 14.7 Å². The maximum Gasteiger partial charge on any atom is 0.325 e. The molecule has 9 nitrogen and oxygen atoms in total. The van der Waals surface area contributed by atoms with Crippen LogP contribution in [0.2, 0.25) is 0 Å². The summed E-state index contributed by atoms with van der Waals surface area (Å²) in [6.45, 7) is 7.77. The third-order valence-electron chi connectivity index (χ3n) is 6.45. The number of nitrogens with zero attached hydrogens (tertiary/aromatic N) is 4. The molecule has 2 fully saturated rings. The molecule has 3 amide bonds. The Balaban J connectivity index is 1.10. The number of carbonyl (C=O) groups excluding carboxylic acids is 2. The number of urea groups is 1. The molecule has 0 radical (unpaired) electrons. The molecular weight excluding hydrogens is 436 g/mol. The molecule has 34 heavy (non-hydrogen) atoms. The van der Waals surface area contributed by atoms with Gasteiger partial charge in [0.15, 0.2) is 11.5 Å². The van der Waals surface area contributed by atoms with Gasteiger partial charge in [-0.25, -0.2) is 4.79 Å². The maximum atomic E-state index is 12.9. The highest BCUT2D eigenvalue weighted by Gasteiger charge is 2.32. The molecule has 3 aliphatic heterocycles. The van der Waals surface area contributed by atoms with E-state index in [4.69, 9.17) is 14.2 Å². The summed E-state index contributed by atoms with van der Waals surface area (Å²) in [6.07, 6.45) is 0. The molecule has 180 valence electrons. The number of hydrogen-bond donors (Lipinski definition) is 0. The van der Waals surface area contributed by atoms with Gasteiger partial charge in [-0.3, -0.25) is 14.6 Å². The van der Waals surface area contributed by atoms with Crippen LogP contribution in [-0.4, -0.2) is 85.9 Å². The molecule has 3 heterocycles. The monoisotopic (exact) mass is 466 g/mol. The van der Waals surface area contributed by atoms with Gasteiger partial charge in [0.2, 0.25) is 12.7 Å². The Labute approximate surface area is 199 Å². The predicted octanol–water partition coefficient (Wildman–Crippen LogP) is 2.40. The molecule has 0 atom stereocenters. The highest BCUT2D eigenvalue weighted by atomic mass is 16.7. The summed E-state index contributed by atoms with van der Waals surface area (Å²) in [5.74, 6) is 2.37. The maximum absolute atomic E-state index is 12.9. The van der Waals surface area contributed by atoms with Crippen molar-refractivity contribution >= 4 is 17.6 Å². The zero-order chi connectivity index (χ0) is 23.5. The zero-order valence-electron chi connectivity index (χ0n) is 19.4. The van der Waals surface area contributed by atoms with Crippen LogP contribution in [0.4, 0.5) is 10.5 Å². The normalized spacial score (nSPS) is 18.0. The van der Waals surface area contributed by atoms with Gasteiger partial charge in [0, 0.05) is 51.5 Å². The lowest BCUT2D eigenvalue weighted by atomic mass is 10.1. The van der Waals surface area contributed by atoms with Crippen LogP contribution in [0.5, 0.6) is 17.2 Å². The number of hydrogen-bond acceptors (Lipinski definition) is 6. The van der Waals surface area contributed by atoms with Crippen molar-refractivity contribution < 1.29 is 23.8 Å². The number of ether oxygens (including phenoxy) is 3. The van der Waals surface area contributed by atoms with Gasteiger partial charge in [0.1, 0.15) is 12.3 Å². The third kappa shape index (κ3) is 4.75. The number of anilines is 1. The predicted molar refractivity (Wildman–Crippen MR) is 126 cm³/mol. The summed E-state index contributed by atoms with van der Waals surface area (Å²) in [7, 11) is 0. The second-order valence-electron chi connectivity index (χ2n) is 8.63. The molecule has 0 spiro atoms. The average Bonchev–Trinajstić information content (AvgIpc) is 3.47. The Morgan fingerprint density at radius 1 is 0.941 bits per heavy atom. The Kier molecular flexibility index (Phi) is 6.44. The van der Waals surface area contributed by atoms with E-state index in [-0.39, 0.29) is 25.3 Å². The minimum Gasteiger partial charge on any atom is -0.494 e. The fourth-order valence-corrected chi connectivity index (χ4v) is 4.57. The second-order valence-corrected chi connectivity index (χ2v) is 8.63. The van der Waals surface area contributed by atoms with Crippen molar-refractivity contribution in [2.75, 3.05) is 64.1 Å². The van der Waals surface area contributed by atoms with Gasteiger partial charge in [0.05, 0.1) is 6.61 Å². The van der Waals surface area contributed by atoms with Crippen molar-refractivity contribution in [3.05, 3.63) is 48.0 Å². The summed E-state index contributed by atoms with van der Waals surface area (Å²) >= 11 is 0. The van der Waals surface area contributed by atoms with Crippen LogP contribution in [0, 0.1) is 0 Å². The number of rotatable bonds is 7. The molecule has 0 N–H and O–H groups in total. The lowest BCUT2D eigenvalue weighted by Gasteiger charge is -2.35. The smallest absolute Gasteiger partial charge is 0.325 e. The van der Waals surface area contributed by atoms with Gasteiger partial charge in [-0.1, -0.05) is 6.07 Å². The summed E-state index contributed by atoms with van der Waals surface area (Å²) in [4.78, 5) is 33.3. The molecule has 0 aromatic heterocycles. The Bertz CT molecular complexity index is 1040. The lowest BCUT2D eigenvalue weighted by Crippen LogP contribution is -2.51. The van der Waals surface area contributed by atoms with E-state index in [9.17, 15) is 9.59 Å². The largest absolute Gasteiger partial charge is 0.494 e. The first kappa shape index (κ1) is 22.3. The molecule has 2 saturated heterocycles. The van der Waals surface area contributed by atoms with Crippen LogP contribution >= 0.6 is 0 Å². The lowest BCUT2D eigenvalue weighted by molar-refractivity contribution is -0.133. The van der Waals surface area contributed by atoms with E-state index in [2.05, 4.69) is 11.0 Å². The summed E-state index contributed by atoms with van der Waals surface area (Å²) in [6, 6.07) is 13.4. The molecule has 0 bridgehead atoms. The summed E-state index contributed by atoms with van der Waals surface area (Å²) in [5.41, 5.74) is 1.99. The second kappa shape index (κ2) is 9.80. The Morgan fingerprint density at radius 2 is 1.71 bits per heavy atom. The SMILES string of the molecule is CCOc1ccc(N2CCN(CC(=O)N3CCN(Cc4ccc5c(c4)OCO5)CC3)C2=O)cc1. The van der Waals surface area contributed by atoms with Crippen LogP contribution in [0.3, 0.4) is 0 Å². The van der Waals surface area contributed by atoms with Crippen LogP contribution in [0.1, 0.15) is 12.5 Å². The van der Waals surface area contributed by atoms with Crippen molar-refractivity contribution in [3.8, 4) is 17.2 Å². The van der Waals surface area contributed by atoms with Crippen LogP contribution in [0.15, 0.2) is 42.5 Å². The molecular formula is C25H30N4O5. The van der Waals surface area contributed by atoms with E-state index in [0.29, 0.717) is 32.8 Å². The molecule has 0 aliphatic carbocycles. The molecule has 3 aliphatic rings. The molecule has 2 aromatic rings. The molecule has 9 heteroatoms. The number of amides is 3. The Hall–Kier alpha value is -3.46. The molecule has 5 rings (SSSR count). The van der Waals surface area contributed by atoms with Crippen molar-refractivity contribution in [1.29, 1.82) is 0 Å². The number of fused-ring (bicyclic) bond motifs is 1. The van der Waals surface area contributed by atoms with Crippen LogP contribution < -0.4 is 19.1 Å². The van der Waals surface area contributed by atoms with Gasteiger partial charge in [-0.15, -0.1) is 0 Å². The fraction of sp³-hybridized carbons (Fsp3) is 0.440. The first-order valence-electron chi connectivity index (χ1n) is 11.8. The minimum atomic E-state index is -0.126. The third-order valence-corrected chi connectivity index (χ3v) is 6.45. The van der Waals surface area contributed by atoms with Crippen molar-refractivity contribution in [3.63, 3.8) is 0 Å². The quantitative estimate of drug-likeness (QED) is 0.624. The highest BCUT2D eigenvalue weighted by Crippen LogP contribution is 2.33. The first-order chi connectivity index (χ1) is 16.6. The highest BCUT2D eigenvalue weighted by molar-refractivity contribution is 5.96. The van der Waals surface area contributed by atoms with E-state index in [1.54, 1.807) is 9.80 Å². The number of carbonyl (C=O) groups is 2. The van der Waals surface area contributed by atoms with Gasteiger partial charge >= 0.3 is 6.03 Å². The zero-order valence-corrected chi connectivity index (χ0v) is 19.4. The van der Waals surface area contributed by atoms with E-state index < -0.39 is 0 Å². The molecule has 0 unspecified atom stereocenters. The van der Waals surface area contributed by atoms with Crippen LogP contribution in [0.25, 0.3) is 0 Å². The van der Waals surface area contributed by atoms with Crippen LogP contribution in [-0.2, 0) is 11.3 Å². The average molecular weight is 467 g/mol. The van der Waals surface area contributed by atoms with E-state index in [1.165, 1.54) is 5.56 Å². The van der Waals surface area contributed by atoms with Crippen molar-refractivity contribution in [2.24, 2.45) is 0 Å². The topological polar surface area (TPSA) is 74.8 Å². The fourth-order valence-electron chi connectivity index (χ4n) is 4.57. The summed E-state index contributed by atoms with van der Waals surface area (Å²) in [5, 5.41) is 0. The van der Waals surface area contributed by atoms with E-state index in [1.807, 2.05) is 48.2 Å². The van der Waals surface area contributed by atoms with E-state index in [0.717, 1.165) is 42.6 Å².